The Morgan fingerprint density at radius 2 is 1.86 bits per heavy atom. The number of aromatic carboxylic acids is 1. The van der Waals surface area contributed by atoms with Gasteiger partial charge < -0.3 is 14.6 Å². The number of carboxylic acids is 1. The summed E-state index contributed by atoms with van der Waals surface area (Å²) in [4.78, 5) is 28.2. The van der Waals surface area contributed by atoms with E-state index in [-0.39, 0.29) is 10.9 Å². The van der Waals surface area contributed by atoms with Gasteiger partial charge in [-0.2, -0.15) is 0 Å². The van der Waals surface area contributed by atoms with Crippen LogP contribution >= 0.6 is 0 Å². The van der Waals surface area contributed by atoms with Gasteiger partial charge in [0.15, 0.2) is 0 Å². The van der Waals surface area contributed by atoms with Crippen LogP contribution in [0.4, 0.5) is 10.1 Å². The molecule has 2 aromatic rings. The van der Waals surface area contributed by atoms with Crippen LogP contribution in [0.1, 0.15) is 43.5 Å². The fourth-order valence-corrected chi connectivity index (χ4v) is 3.85. The molecule has 1 fully saturated rings. The number of aromatic nitrogens is 1. The molecule has 0 atom stereocenters. The van der Waals surface area contributed by atoms with Crippen LogP contribution in [0.3, 0.4) is 0 Å². The van der Waals surface area contributed by atoms with Gasteiger partial charge in [0.25, 0.3) is 0 Å². The van der Waals surface area contributed by atoms with Crippen molar-refractivity contribution in [3.63, 3.8) is 0 Å². The van der Waals surface area contributed by atoms with Crippen LogP contribution < -0.4 is 10.3 Å². The molecule has 2 heterocycles. The molecule has 0 spiro atoms. The van der Waals surface area contributed by atoms with E-state index in [1.54, 1.807) is 10.6 Å². The molecule has 3 rings (SSSR count). The van der Waals surface area contributed by atoms with Gasteiger partial charge in [0.05, 0.1) is 11.2 Å². The minimum Gasteiger partial charge on any atom is -0.477 e. The zero-order chi connectivity index (χ0) is 20.3. The number of hydrogen-bond donors (Lipinski definition) is 1. The van der Waals surface area contributed by atoms with Crippen LogP contribution in [0.2, 0.25) is 0 Å². The van der Waals surface area contributed by atoms with Gasteiger partial charge in [-0.15, -0.1) is 0 Å². The SMILES string of the molecule is CCCCCN1CCN(c2cc3c(cc2F)c(=O)c(C(=O)O)cn3CC)CC1. The second-order valence-electron chi connectivity index (χ2n) is 7.32. The van der Waals surface area contributed by atoms with Gasteiger partial charge >= 0.3 is 5.97 Å². The Balaban J connectivity index is 1.89. The third-order valence-electron chi connectivity index (χ3n) is 5.51. The number of carboxylic acid groups (broad SMARTS) is 1. The number of carbonyl (C=O) groups is 1. The Hall–Kier alpha value is -2.41. The van der Waals surface area contributed by atoms with Crippen molar-refractivity contribution in [2.75, 3.05) is 37.6 Å². The molecule has 0 bridgehead atoms. The van der Waals surface area contributed by atoms with Gasteiger partial charge in [0, 0.05) is 44.3 Å². The molecule has 0 aliphatic carbocycles. The van der Waals surface area contributed by atoms with E-state index in [1.807, 2.05) is 11.8 Å². The highest BCUT2D eigenvalue weighted by atomic mass is 19.1. The van der Waals surface area contributed by atoms with Gasteiger partial charge in [0.1, 0.15) is 11.4 Å². The lowest BCUT2D eigenvalue weighted by molar-refractivity contribution is 0.0695. The summed E-state index contributed by atoms with van der Waals surface area (Å²) < 4.78 is 16.5. The van der Waals surface area contributed by atoms with Gasteiger partial charge in [0.2, 0.25) is 5.43 Å². The predicted octanol–water partition coefficient (Wildman–Crippen LogP) is 3.17. The molecule has 0 radical (unpaired) electrons. The van der Waals surface area contributed by atoms with Crippen molar-refractivity contribution in [1.29, 1.82) is 0 Å². The standard InChI is InChI=1S/C21H28FN3O3/c1-3-5-6-7-23-8-10-25(11-9-23)19-13-18-15(12-17(19)22)20(26)16(21(27)28)14-24(18)4-2/h12-14H,3-11H2,1-2H3,(H,27,28). The second-order valence-corrected chi connectivity index (χ2v) is 7.32. The monoisotopic (exact) mass is 389 g/mol. The van der Waals surface area contributed by atoms with Crippen LogP contribution in [-0.2, 0) is 6.54 Å². The molecule has 0 amide bonds. The molecule has 0 unspecified atom stereocenters. The largest absolute Gasteiger partial charge is 0.477 e. The topological polar surface area (TPSA) is 65.8 Å². The maximum atomic E-state index is 14.8. The number of fused-ring (bicyclic) bond motifs is 1. The van der Waals surface area contributed by atoms with Crippen LogP contribution in [0.25, 0.3) is 10.9 Å². The maximum absolute atomic E-state index is 14.8. The van der Waals surface area contributed by atoms with Crippen molar-refractivity contribution in [1.82, 2.24) is 9.47 Å². The number of benzene rings is 1. The number of anilines is 1. The van der Waals surface area contributed by atoms with Crippen molar-refractivity contribution < 1.29 is 14.3 Å². The van der Waals surface area contributed by atoms with Gasteiger partial charge in [-0.3, -0.25) is 9.69 Å². The molecule has 1 aliphatic heterocycles. The summed E-state index contributed by atoms with van der Waals surface area (Å²) in [5.74, 6) is -1.77. The lowest BCUT2D eigenvalue weighted by atomic mass is 10.1. The number of hydrogen-bond acceptors (Lipinski definition) is 4. The van der Waals surface area contributed by atoms with E-state index in [1.165, 1.54) is 31.5 Å². The predicted molar refractivity (Wildman–Crippen MR) is 109 cm³/mol. The smallest absolute Gasteiger partial charge is 0.341 e. The van der Waals surface area contributed by atoms with Crippen molar-refractivity contribution >= 4 is 22.6 Å². The van der Waals surface area contributed by atoms with Crippen LogP contribution in [-0.4, -0.2) is 53.3 Å². The molecule has 0 saturated carbocycles. The van der Waals surface area contributed by atoms with Crippen LogP contribution in [0, 0.1) is 5.82 Å². The van der Waals surface area contributed by atoms with E-state index < -0.39 is 17.2 Å². The first kappa shape index (κ1) is 20.3. The zero-order valence-corrected chi connectivity index (χ0v) is 16.6. The van der Waals surface area contributed by atoms with E-state index in [2.05, 4.69) is 11.8 Å². The molecular formula is C21H28FN3O3. The minimum atomic E-state index is -1.29. The highest BCUT2D eigenvalue weighted by Crippen LogP contribution is 2.26. The number of unbranched alkanes of at least 4 members (excludes halogenated alkanes) is 2. The first-order valence-corrected chi connectivity index (χ1v) is 10.0. The number of piperazine rings is 1. The third kappa shape index (κ3) is 4.04. The van der Waals surface area contributed by atoms with Gasteiger partial charge in [-0.05, 0) is 32.0 Å². The average molecular weight is 389 g/mol. The molecule has 7 heteroatoms. The lowest BCUT2D eigenvalue weighted by Crippen LogP contribution is -2.47. The molecule has 1 saturated heterocycles. The summed E-state index contributed by atoms with van der Waals surface area (Å²) in [5, 5.41) is 9.37. The molecule has 1 aromatic heterocycles. The van der Waals surface area contributed by atoms with Gasteiger partial charge in [-0.25, -0.2) is 9.18 Å². The molecule has 152 valence electrons. The Kier molecular flexibility index (Phi) is 6.34. The van der Waals surface area contributed by atoms with E-state index in [0.717, 1.165) is 32.7 Å². The summed E-state index contributed by atoms with van der Waals surface area (Å²) in [5.41, 5.74) is 0.0743. The number of rotatable bonds is 7. The normalized spacial score (nSPS) is 15.3. The quantitative estimate of drug-likeness (QED) is 0.737. The molecule has 1 aliphatic rings. The van der Waals surface area contributed by atoms with Crippen molar-refractivity contribution in [2.45, 2.75) is 39.7 Å². The first-order chi connectivity index (χ1) is 13.5. The number of aryl methyl sites for hydroxylation is 1. The van der Waals surface area contributed by atoms with E-state index in [0.29, 0.717) is 17.7 Å². The molecule has 6 nitrogen and oxygen atoms in total. The average Bonchev–Trinajstić information content (AvgIpc) is 2.69. The molecule has 28 heavy (non-hydrogen) atoms. The van der Waals surface area contributed by atoms with E-state index in [4.69, 9.17) is 0 Å². The van der Waals surface area contributed by atoms with Gasteiger partial charge in [-0.1, -0.05) is 19.8 Å². The number of nitrogens with zero attached hydrogens (tertiary/aromatic N) is 3. The van der Waals surface area contributed by atoms with Crippen molar-refractivity contribution in [2.24, 2.45) is 0 Å². The lowest BCUT2D eigenvalue weighted by Gasteiger charge is -2.36. The van der Waals surface area contributed by atoms with Crippen LogP contribution in [0.15, 0.2) is 23.1 Å². The Morgan fingerprint density at radius 1 is 1.14 bits per heavy atom. The summed E-state index contributed by atoms with van der Waals surface area (Å²) in [6, 6.07) is 2.88. The zero-order valence-electron chi connectivity index (χ0n) is 16.6. The first-order valence-electron chi connectivity index (χ1n) is 10.0. The highest BCUT2D eigenvalue weighted by Gasteiger charge is 2.22. The summed E-state index contributed by atoms with van der Waals surface area (Å²) in [7, 11) is 0. The Morgan fingerprint density at radius 3 is 2.46 bits per heavy atom. The Labute approximate surface area is 164 Å². The van der Waals surface area contributed by atoms with E-state index in [9.17, 15) is 19.1 Å². The van der Waals surface area contributed by atoms with Crippen molar-refractivity contribution in [3.8, 4) is 0 Å². The van der Waals surface area contributed by atoms with Crippen molar-refractivity contribution in [3.05, 3.63) is 39.9 Å². The van der Waals surface area contributed by atoms with Crippen LogP contribution in [0.5, 0.6) is 0 Å². The number of pyridine rings is 1. The second kappa shape index (κ2) is 8.73. The van der Waals surface area contributed by atoms with E-state index >= 15 is 0 Å². The fraction of sp³-hybridized carbons (Fsp3) is 0.524. The summed E-state index contributed by atoms with van der Waals surface area (Å²) >= 11 is 0. The number of halogens is 1. The summed E-state index contributed by atoms with van der Waals surface area (Å²) in [6.45, 7) is 8.88. The third-order valence-corrected chi connectivity index (χ3v) is 5.51. The maximum Gasteiger partial charge on any atom is 0.341 e. The fourth-order valence-electron chi connectivity index (χ4n) is 3.85. The molecular weight excluding hydrogens is 361 g/mol. The summed E-state index contributed by atoms with van der Waals surface area (Å²) in [6.07, 6.45) is 4.97. The molecule has 1 aromatic carbocycles. The highest BCUT2D eigenvalue weighted by molar-refractivity contribution is 5.93. The minimum absolute atomic E-state index is 0.112. The Bertz CT molecular complexity index is 917. The molecule has 1 N–H and O–H groups in total.